The van der Waals surface area contributed by atoms with E-state index in [4.69, 9.17) is 4.74 Å². The number of unbranched alkanes of at least 4 members (excludes halogenated alkanes) is 2. The van der Waals surface area contributed by atoms with E-state index in [-0.39, 0.29) is 26.0 Å². The van der Waals surface area contributed by atoms with Crippen LogP contribution in [0.2, 0.25) is 0 Å². The Balaban J connectivity index is 3.08. The molecule has 0 radical (unpaired) electrons. The van der Waals surface area contributed by atoms with Crippen LogP contribution in [-0.4, -0.2) is 53.9 Å². The molecule has 172 valence electrons. The number of para-hydroxylation sites is 1. The lowest BCUT2D eigenvalue weighted by Gasteiger charge is -2.30. The number of benzene rings is 1. The number of nitrogens with zero attached hydrogens (tertiary/aromatic N) is 2. The van der Waals surface area contributed by atoms with Gasteiger partial charge in [0.1, 0.15) is 12.6 Å². The number of aliphatic carboxylic acids is 1. The number of esters is 1. The molecule has 0 spiro atoms. The van der Waals surface area contributed by atoms with Crippen molar-refractivity contribution < 1.29 is 32.8 Å². The van der Waals surface area contributed by atoms with Gasteiger partial charge in [-0.15, -0.1) is 0 Å². The van der Waals surface area contributed by atoms with Gasteiger partial charge in [-0.2, -0.15) is 4.31 Å². The van der Waals surface area contributed by atoms with Crippen LogP contribution in [0.25, 0.3) is 0 Å². The monoisotopic (exact) mass is 456 g/mol. The number of hydrogen-bond acceptors (Lipinski definition) is 7. The lowest BCUT2D eigenvalue weighted by Crippen LogP contribution is -2.48. The molecule has 0 fully saturated rings. The first-order valence-corrected chi connectivity index (χ1v) is 11.2. The van der Waals surface area contributed by atoms with E-state index in [9.17, 15) is 33.2 Å². The van der Waals surface area contributed by atoms with Gasteiger partial charge in [0.2, 0.25) is 0 Å². The molecule has 0 heterocycles. The summed E-state index contributed by atoms with van der Waals surface area (Å²) < 4.78 is 32.2. The van der Waals surface area contributed by atoms with Crippen LogP contribution in [0.4, 0.5) is 5.69 Å². The van der Waals surface area contributed by atoms with Gasteiger partial charge in [0.05, 0.1) is 4.92 Å². The van der Waals surface area contributed by atoms with Gasteiger partial charge in [-0.3, -0.25) is 19.7 Å². The molecule has 0 saturated carbocycles. The van der Waals surface area contributed by atoms with Crippen molar-refractivity contribution in [2.45, 2.75) is 50.5 Å². The van der Waals surface area contributed by atoms with Crippen LogP contribution in [-0.2, 0) is 24.3 Å². The molecule has 1 N–H and O–H groups in total. The highest BCUT2D eigenvalue weighted by molar-refractivity contribution is 7.89. The number of sulfonamides is 1. The molecular formula is C20H28N2O8S. The van der Waals surface area contributed by atoms with Crippen molar-refractivity contribution in [3.05, 3.63) is 47.0 Å². The first-order chi connectivity index (χ1) is 14.5. The zero-order chi connectivity index (χ0) is 23.6. The van der Waals surface area contributed by atoms with Crippen molar-refractivity contribution >= 4 is 27.6 Å². The summed E-state index contributed by atoms with van der Waals surface area (Å²) in [5.74, 6) is -2.33. The molecule has 0 saturated heterocycles. The van der Waals surface area contributed by atoms with Crippen molar-refractivity contribution in [2.75, 3.05) is 13.2 Å². The van der Waals surface area contributed by atoms with Gasteiger partial charge in [0.15, 0.2) is 4.90 Å². The highest BCUT2D eigenvalue weighted by Crippen LogP contribution is 2.29. The van der Waals surface area contributed by atoms with Crippen LogP contribution in [0.3, 0.4) is 0 Å². The zero-order valence-electron chi connectivity index (χ0n) is 17.6. The first-order valence-electron chi connectivity index (χ1n) is 9.78. The van der Waals surface area contributed by atoms with Gasteiger partial charge in [0, 0.05) is 19.0 Å². The van der Waals surface area contributed by atoms with Crippen molar-refractivity contribution in [1.29, 1.82) is 0 Å². The lowest BCUT2D eigenvalue weighted by atomic mass is 10.0. The summed E-state index contributed by atoms with van der Waals surface area (Å²) in [7, 11) is -4.47. The number of carbonyl (C=O) groups is 2. The molecule has 0 aliphatic heterocycles. The number of carboxylic acids is 1. The summed E-state index contributed by atoms with van der Waals surface area (Å²) in [5, 5.41) is 21.0. The second-order valence-corrected chi connectivity index (χ2v) is 9.01. The highest BCUT2D eigenvalue weighted by atomic mass is 32.2. The third-order valence-electron chi connectivity index (χ3n) is 4.46. The minimum Gasteiger partial charge on any atom is -0.480 e. The van der Waals surface area contributed by atoms with Gasteiger partial charge < -0.3 is 9.84 Å². The zero-order valence-corrected chi connectivity index (χ0v) is 18.4. The van der Waals surface area contributed by atoms with Crippen LogP contribution in [0, 0.1) is 16.0 Å². The maximum atomic E-state index is 13.3. The summed E-state index contributed by atoms with van der Waals surface area (Å²) in [6.45, 7) is 6.52. The number of nitro groups is 1. The van der Waals surface area contributed by atoms with Crippen LogP contribution in [0.15, 0.2) is 41.8 Å². The maximum absolute atomic E-state index is 13.3. The van der Waals surface area contributed by atoms with Crippen LogP contribution < -0.4 is 0 Å². The second-order valence-electron chi connectivity index (χ2n) is 7.15. The summed E-state index contributed by atoms with van der Waals surface area (Å²) >= 11 is 0. The van der Waals surface area contributed by atoms with E-state index in [2.05, 4.69) is 6.58 Å². The third kappa shape index (κ3) is 7.44. The maximum Gasteiger partial charge on any atom is 0.322 e. The van der Waals surface area contributed by atoms with E-state index >= 15 is 0 Å². The fourth-order valence-electron chi connectivity index (χ4n) is 3.04. The molecule has 0 aromatic heterocycles. The number of carbonyl (C=O) groups excluding carboxylic acids is 1. The van der Waals surface area contributed by atoms with Gasteiger partial charge in [-0.05, 0) is 24.8 Å². The Labute approximate surface area is 181 Å². The summed E-state index contributed by atoms with van der Waals surface area (Å²) in [5.41, 5.74) is -0.620. The van der Waals surface area contributed by atoms with Gasteiger partial charge in [0.25, 0.3) is 15.7 Å². The lowest BCUT2D eigenvalue weighted by molar-refractivity contribution is -0.387. The number of ether oxygens (including phenoxy) is 1. The van der Waals surface area contributed by atoms with E-state index in [1.165, 1.54) is 18.2 Å². The Bertz CT molecular complexity index is 898. The number of carboxylic acid groups (broad SMARTS) is 1. The first kappa shape index (κ1) is 26.2. The average Bonchev–Trinajstić information content (AvgIpc) is 2.70. The predicted molar refractivity (Wildman–Crippen MR) is 113 cm³/mol. The van der Waals surface area contributed by atoms with Crippen LogP contribution in [0.1, 0.15) is 39.5 Å². The van der Waals surface area contributed by atoms with Gasteiger partial charge >= 0.3 is 11.9 Å². The van der Waals surface area contributed by atoms with Crippen LogP contribution in [0.5, 0.6) is 0 Å². The number of hydrogen-bond donors (Lipinski definition) is 1. The van der Waals surface area contributed by atoms with Crippen molar-refractivity contribution in [1.82, 2.24) is 4.31 Å². The number of nitro benzene ring substituents is 1. The minimum atomic E-state index is -4.47. The highest BCUT2D eigenvalue weighted by Gasteiger charge is 2.40. The van der Waals surface area contributed by atoms with Crippen molar-refractivity contribution in [2.24, 2.45) is 5.92 Å². The molecule has 1 rings (SSSR count). The molecule has 1 aromatic carbocycles. The molecular weight excluding hydrogens is 428 g/mol. The van der Waals surface area contributed by atoms with Gasteiger partial charge in [-0.25, -0.2) is 8.42 Å². The topological polar surface area (TPSA) is 144 Å². The Morgan fingerprint density at radius 2 is 1.90 bits per heavy atom. The van der Waals surface area contributed by atoms with E-state index in [1.54, 1.807) is 13.8 Å². The van der Waals surface area contributed by atoms with Crippen molar-refractivity contribution in [3.63, 3.8) is 0 Å². The molecule has 1 aromatic rings. The molecule has 0 aliphatic rings. The molecule has 10 nitrogen and oxygen atoms in total. The smallest absolute Gasteiger partial charge is 0.322 e. The Morgan fingerprint density at radius 3 is 2.45 bits per heavy atom. The largest absolute Gasteiger partial charge is 0.480 e. The quantitative estimate of drug-likeness (QED) is 0.148. The van der Waals surface area contributed by atoms with E-state index in [0.29, 0.717) is 12.8 Å². The molecule has 0 aliphatic carbocycles. The summed E-state index contributed by atoms with van der Waals surface area (Å²) in [6, 6.07) is 3.44. The van der Waals surface area contributed by atoms with E-state index < -0.39 is 49.4 Å². The molecule has 1 atom stereocenters. The van der Waals surface area contributed by atoms with E-state index in [1.807, 2.05) is 0 Å². The SMILES string of the molecule is C=CCOC(=O)CCCCCN([C@H](C(=O)O)C(C)C)S(=O)(=O)c1ccccc1[N+](=O)[O-]. The Morgan fingerprint density at radius 1 is 1.26 bits per heavy atom. The summed E-state index contributed by atoms with van der Waals surface area (Å²) in [4.78, 5) is 33.3. The second kappa shape index (κ2) is 12.2. The van der Waals surface area contributed by atoms with Crippen LogP contribution >= 0.6 is 0 Å². The molecule has 0 amide bonds. The van der Waals surface area contributed by atoms with E-state index in [0.717, 1.165) is 16.4 Å². The molecule has 11 heteroatoms. The fraction of sp³-hybridized carbons (Fsp3) is 0.500. The minimum absolute atomic E-state index is 0.107. The standard InChI is InChI=1S/C20H28N2O8S/c1-4-14-30-18(23)12-6-5-9-13-21(19(15(2)3)20(24)25)31(28,29)17-11-8-7-10-16(17)22(26)27/h4,7-8,10-11,15,19H,1,5-6,9,12-14H2,2-3H3,(H,24,25)/t19-/m0/s1. The third-order valence-corrected chi connectivity index (χ3v) is 6.39. The molecule has 0 bridgehead atoms. The predicted octanol–water partition coefficient (Wildman–Crippen LogP) is 2.98. The van der Waals surface area contributed by atoms with Gasteiger partial charge in [-0.1, -0.05) is 45.1 Å². The normalized spacial score (nSPS) is 12.5. The van der Waals surface area contributed by atoms with Crippen molar-refractivity contribution in [3.8, 4) is 0 Å². The Hall–Kier alpha value is -2.79. The Kier molecular flexibility index (Phi) is 10.3. The molecule has 31 heavy (non-hydrogen) atoms. The fourth-order valence-corrected chi connectivity index (χ4v) is 4.95. The molecule has 0 unspecified atom stereocenters. The number of rotatable bonds is 14. The summed E-state index contributed by atoms with van der Waals surface area (Å²) in [6.07, 6.45) is 2.72. The average molecular weight is 457 g/mol.